The van der Waals surface area contributed by atoms with Gasteiger partial charge < -0.3 is 10.6 Å². The van der Waals surface area contributed by atoms with Crippen LogP contribution in [0.2, 0.25) is 0 Å². The highest BCUT2D eigenvalue weighted by Gasteiger charge is 2.31. The van der Waals surface area contributed by atoms with Gasteiger partial charge in [0.05, 0.1) is 0 Å². The van der Waals surface area contributed by atoms with Crippen molar-refractivity contribution in [1.82, 2.24) is 4.90 Å². The van der Waals surface area contributed by atoms with Crippen LogP contribution in [-0.4, -0.2) is 41.4 Å². The third kappa shape index (κ3) is 2.61. The Labute approximate surface area is 84.0 Å². The maximum absolute atomic E-state index is 11.5. The number of nitrogens with two attached hydrogens (primary N) is 1. The van der Waals surface area contributed by atoms with Gasteiger partial charge >= 0.3 is 0 Å². The molecule has 2 N–H and O–H groups in total. The fraction of sp³-hybridized carbons (Fsp3) is 0.889. The Hall–Kier alpha value is -0.220. The highest BCUT2D eigenvalue weighted by Crippen LogP contribution is 2.17. The largest absolute Gasteiger partial charge is 0.337 e. The van der Waals surface area contributed by atoms with Crippen LogP contribution < -0.4 is 5.73 Å². The molecule has 1 fully saturated rings. The van der Waals surface area contributed by atoms with E-state index in [9.17, 15) is 4.79 Å². The average Bonchev–Trinajstić information content (AvgIpc) is 2.41. The van der Waals surface area contributed by atoms with Gasteiger partial charge in [-0.3, -0.25) is 4.79 Å². The molecule has 2 unspecified atom stereocenters. The molecule has 1 heterocycles. The van der Waals surface area contributed by atoms with E-state index in [4.69, 9.17) is 5.73 Å². The predicted octanol–water partition coefficient (Wildman–Crippen LogP) is 0.688. The fourth-order valence-electron chi connectivity index (χ4n) is 1.73. The Morgan fingerprint density at radius 3 is 2.85 bits per heavy atom. The molecule has 1 amide bonds. The molecule has 0 aromatic heterocycles. The van der Waals surface area contributed by atoms with Crippen molar-refractivity contribution in [3.63, 3.8) is 0 Å². The quantitative estimate of drug-likeness (QED) is 0.729. The highest BCUT2D eigenvalue weighted by molar-refractivity contribution is 7.98. The molecule has 1 aliphatic heterocycles. The topological polar surface area (TPSA) is 46.3 Å². The number of carbonyl (C=O) groups is 1. The van der Waals surface area contributed by atoms with E-state index < -0.39 is 0 Å². The highest BCUT2D eigenvalue weighted by atomic mass is 32.2. The van der Waals surface area contributed by atoms with E-state index in [1.54, 1.807) is 11.8 Å². The van der Waals surface area contributed by atoms with Crippen LogP contribution >= 0.6 is 11.8 Å². The normalized spacial score (nSPS) is 25.3. The summed E-state index contributed by atoms with van der Waals surface area (Å²) >= 11 is 1.79. The third-order valence-electron chi connectivity index (χ3n) is 2.46. The summed E-state index contributed by atoms with van der Waals surface area (Å²) in [6, 6.07) is 0.444. The van der Waals surface area contributed by atoms with E-state index in [1.165, 1.54) is 0 Å². The van der Waals surface area contributed by atoms with Crippen LogP contribution in [0.4, 0.5) is 0 Å². The summed E-state index contributed by atoms with van der Waals surface area (Å²) in [5.41, 5.74) is 5.73. The lowest BCUT2D eigenvalue weighted by atomic mass is 10.2. The second-order valence-corrected chi connectivity index (χ2v) is 4.44. The number of nitrogens with zero attached hydrogens (tertiary/aromatic N) is 1. The molecule has 0 radical (unpaired) electrons. The molecule has 0 aromatic rings. The Balaban J connectivity index is 2.53. The molecule has 3 nitrogen and oxygen atoms in total. The van der Waals surface area contributed by atoms with E-state index in [-0.39, 0.29) is 11.9 Å². The molecule has 2 atom stereocenters. The molecule has 1 saturated heterocycles. The maximum atomic E-state index is 11.5. The van der Waals surface area contributed by atoms with E-state index in [0.717, 1.165) is 18.7 Å². The lowest BCUT2D eigenvalue weighted by Crippen LogP contribution is -2.39. The van der Waals surface area contributed by atoms with Crippen molar-refractivity contribution >= 4 is 17.7 Å². The van der Waals surface area contributed by atoms with E-state index in [1.807, 2.05) is 4.90 Å². The van der Waals surface area contributed by atoms with Crippen LogP contribution in [0, 0.1) is 0 Å². The summed E-state index contributed by atoms with van der Waals surface area (Å²) in [5.74, 6) is 1.25. The Bertz CT molecular complexity index is 186. The third-order valence-corrected chi connectivity index (χ3v) is 3.18. The number of hydrogen-bond acceptors (Lipinski definition) is 3. The number of amides is 1. The van der Waals surface area contributed by atoms with Crippen molar-refractivity contribution in [1.29, 1.82) is 0 Å². The molecule has 0 aromatic carbocycles. The predicted molar refractivity (Wildman–Crippen MR) is 56.8 cm³/mol. The van der Waals surface area contributed by atoms with Gasteiger partial charge in [0.15, 0.2) is 0 Å². The fourth-order valence-corrected chi connectivity index (χ4v) is 2.53. The van der Waals surface area contributed by atoms with E-state index in [2.05, 4.69) is 13.2 Å². The molecule has 0 spiro atoms. The molecule has 0 bridgehead atoms. The zero-order chi connectivity index (χ0) is 9.84. The first kappa shape index (κ1) is 10.9. The van der Waals surface area contributed by atoms with Gasteiger partial charge in [-0.1, -0.05) is 6.92 Å². The zero-order valence-electron chi connectivity index (χ0n) is 8.32. The second-order valence-electron chi connectivity index (χ2n) is 3.53. The minimum Gasteiger partial charge on any atom is -0.337 e. The Morgan fingerprint density at radius 1 is 1.77 bits per heavy atom. The van der Waals surface area contributed by atoms with Gasteiger partial charge in [0.2, 0.25) is 5.91 Å². The van der Waals surface area contributed by atoms with Gasteiger partial charge in [-0.15, -0.1) is 0 Å². The molecular weight excluding hydrogens is 184 g/mol. The van der Waals surface area contributed by atoms with Crippen molar-refractivity contribution in [2.24, 2.45) is 5.73 Å². The second kappa shape index (κ2) is 4.86. The molecule has 13 heavy (non-hydrogen) atoms. The van der Waals surface area contributed by atoms with Crippen LogP contribution in [0.15, 0.2) is 0 Å². The van der Waals surface area contributed by atoms with E-state index >= 15 is 0 Å². The number of thioether (sulfide) groups is 1. The van der Waals surface area contributed by atoms with Crippen molar-refractivity contribution in [3.8, 4) is 0 Å². The summed E-state index contributed by atoms with van der Waals surface area (Å²) in [6.07, 6.45) is 3.63. The van der Waals surface area contributed by atoms with Crippen LogP contribution in [-0.2, 0) is 4.79 Å². The van der Waals surface area contributed by atoms with Crippen molar-refractivity contribution in [3.05, 3.63) is 0 Å². The van der Waals surface area contributed by atoms with Crippen LogP contribution in [0.1, 0.15) is 19.8 Å². The van der Waals surface area contributed by atoms with Crippen molar-refractivity contribution < 1.29 is 4.79 Å². The van der Waals surface area contributed by atoms with Crippen LogP contribution in [0.5, 0.6) is 0 Å². The monoisotopic (exact) mass is 202 g/mol. The first-order valence-electron chi connectivity index (χ1n) is 4.73. The number of likely N-dealkylation sites (tertiary alicyclic amines) is 1. The summed E-state index contributed by atoms with van der Waals surface area (Å²) in [7, 11) is 0. The molecule has 0 aliphatic carbocycles. The number of rotatable bonds is 4. The first-order valence-corrected chi connectivity index (χ1v) is 6.12. The van der Waals surface area contributed by atoms with Crippen LogP contribution in [0.3, 0.4) is 0 Å². The molecular formula is C9H18N2OS. The first-order chi connectivity index (χ1) is 6.19. The van der Waals surface area contributed by atoms with Gasteiger partial charge in [-0.05, 0) is 12.7 Å². The SMILES string of the molecule is CCC(CSC)N1CC(N)CC1=O. The maximum Gasteiger partial charge on any atom is 0.224 e. The molecule has 4 heteroatoms. The van der Waals surface area contributed by atoms with Crippen molar-refractivity contribution in [2.45, 2.75) is 31.8 Å². The summed E-state index contributed by atoms with van der Waals surface area (Å²) in [4.78, 5) is 13.4. The molecule has 76 valence electrons. The average molecular weight is 202 g/mol. The summed E-state index contributed by atoms with van der Waals surface area (Å²) < 4.78 is 0. The molecule has 0 saturated carbocycles. The van der Waals surface area contributed by atoms with Gasteiger partial charge in [0, 0.05) is 30.8 Å². The minimum atomic E-state index is 0.0587. The van der Waals surface area contributed by atoms with E-state index in [0.29, 0.717) is 12.5 Å². The minimum absolute atomic E-state index is 0.0587. The Morgan fingerprint density at radius 2 is 2.46 bits per heavy atom. The number of carbonyl (C=O) groups excluding carboxylic acids is 1. The zero-order valence-corrected chi connectivity index (χ0v) is 9.14. The molecule has 1 aliphatic rings. The van der Waals surface area contributed by atoms with Gasteiger partial charge in [-0.2, -0.15) is 11.8 Å². The molecule has 1 rings (SSSR count). The van der Waals surface area contributed by atoms with Gasteiger partial charge in [-0.25, -0.2) is 0 Å². The number of hydrogen-bond donors (Lipinski definition) is 1. The summed E-state index contributed by atoms with van der Waals surface area (Å²) in [6.45, 7) is 2.87. The van der Waals surface area contributed by atoms with Crippen molar-refractivity contribution in [2.75, 3.05) is 18.6 Å². The van der Waals surface area contributed by atoms with Crippen LogP contribution in [0.25, 0.3) is 0 Å². The lowest BCUT2D eigenvalue weighted by molar-refractivity contribution is -0.129. The summed E-state index contributed by atoms with van der Waals surface area (Å²) in [5, 5.41) is 0. The van der Waals surface area contributed by atoms with Gasteiger partial charge in [0.1, 0.15) is 0 Å². The lowest BCUT2D eigenvalue weighted by Gasteiger charge is -2.26. The van der Waals surface area contributed by atoms with Gasteiger partial charge in [0.25, 0.3) is 0 Å². The Kier molecular flexibility index (Phi) is 4.06. The smallest absolute Gasteiger partial charge is 0.224 e. The standard InChI is InChI=1S/C9H18N2OS/c1-3-8(6-13-2)11-5-7(10)4-9(11)12/h7-8H,3-6,10H2,1-2H3.